The molecule has 1 rings (SSSR count). The molecule has 4 heteroatoms. The second-order valence-corrected chi connectivity index (χ2v) is 3.98. The van der Waals surface area contributed by atoms with E-state index in [9.17, 15) is 4.79 Å². The summed E-state index contributed by atoms with van der Waals surface area (Å²) in [7, 11) is 0. The van der Waals surface area contributed by atoms with Crippen LogP contribution in [0.15, 0.2) is 17.5 Å². The Morgan fingerprint density at radius 2 is 2.50 bits per heavy atom. The number of hydrogen-bond donors (Lipinski definition) is 1. The largest absolute Gasteiger partial charge is 0.480 e. The van der Waals surface area contributed by atoms with Gasteiger partial charge in [-0.1, -0.05) is 6.07 Å². The van der Waals surface area contributed by atoms with Gasteiger partial charge in [-0.3, -0.25) is 4.79 Å². The maximum atomic E-state index is 10.3. The van der Waals surface area contributed by atoms with Gasteiger partial charge >= 0.3 is 5.97 Å². The summed E-state index contributed by atoms with van der Waals surface area (Å²) in [6, 6.07) is 3.93. The van der Waals surface area contributed by atoms with Crippen molar-refractivity contribution in [3.8, 4) is 0 Å². The van der Waals surface area contributed by atoms with E-state index in [1.165, 1.54) is 4.88 Å². The molecule has 1 atom stereocenters. The summed E-state index contributed by atoms with van der Waals surface area (Å²) in [5.74, 6) is -0.937. The Morgan fingerprint density at radius 1 is 1.75 bits per heavy atom. The van der Waals surface area contributed by atoms with Crippen LogP contribution in [0.25, 0.3) is 0 Å². The molecule has 1 aromatic rings. The molecule has 0 aromatic carbocycles. The van der Waals surface area contributed by atoms with Crippen molar-refractivity contribution >= 4 is 28.9 Å². The molecule has 66 valence electrons. The zero-order valence-corrected chi connectivity index (χ0v) is 7.94. The van der Waals surface area contributed by atoms with E-state index in [2.05, 4.69) is 0 Å². The molecule has 0 fully saturated rings. The Labute approximate surface area is 79.8 Å². The van der Waals surface area contributed by atoms with Crippen molar-refractivity contribution in [3.63, 3.8) is 0 Å². The summed E-state index contributed by atoms with van der Waals surface area (Å²) >= 11 is 7.16. The number of alkyl halides is 1. The molecule has 0 aliphatic heterocycles. The zero-order valence-electron chi connectivity index (χ0n) is 6.37. The van der Waals surface area contributed by atoms with Crippen molar-refractivity contribution < 1.29 is 9.90 Å². The Bertz CT molecular complexity index is 246. The van der Waals surface area contributed by atoms with E-state index in [0.717, 1.165) is 6.42 Å². The van der Waals surface area contributed by atoms with Crippen molar-refractivity contribution in [2.75, 3.05) is 0 Å². The molecule has 1 unspecified atom stereocenters. The second-order valence-electron chi connectivity index (χ2n) is 2.42. The van der Waals surface area contributed by atoms with Crippen LogP contribution in [-0.4, -0.2) is 16.5 Å². The fourth-order valence-corrected chi connectivity index (χ4v) is 1.68. The van der Waals surface area contributed by atoms with Crippen molar-refractivity contribution in [1.82, 2.24) is 0 Å². The van der Waals surface area contributed by atoms with Gasteiger partial charge in [0.25, 0.3) is 0 Å². The van der Waals surface area contributed by atoms with Crippen LogP contribution in [0.3, 0.4) is 0 Å². The third kappa shape index (κ3) is 2.83. The van der Waals surface area contributed by atoms with Crippen LogP contribution < -0.4 is 0 Å². The fourth-order valence-electron chi connectivity index (χ4n) is 0.847. The lowest BCUT2D eigenvalue weighted by atomic mass is 10.2. The van der Waals surface area contributed by atoms with Gasteiger partial charge < -0.3 is 5.11 Å². The standard InChI is InChI=1S/C8H9ClO2S/c9-7(8(10)11)4-3-6-2-1-5-12-6/h1-2,5,7H,3-4H2,(H,10,11). The van der Waals surface area contributed by atoms with Crippen LogP contribution in [0.1, 0.15) is 11.3 Å². The Kier molecular flexibility index (Phi) is 3.56. The number of aliphatic carboxylic acids is 1. The molecular weight excluding hydrogens is 196 g/mol. The van der Waals surface area contributed by atoms with Crippen LogP contribution in [0.5, 0.6) is 0 Å². The summed E-state index contributed by atoms with van der Waals surface area (Å²) in [6.07, 6.45) is 1.25. The molecule has 1 N–H and O–H groups in total. The summed E-state index contributed by atoms with van der Waals surface area (Å²) in [5.41, 5.74) is 0. The molecule has 0 radical (unpaired) electrons. The molecule has 0 aliphatic carbocycles. The Balaban J connectivity index is 2.31. The molecule has 0 aliphatic rings. The van der Waals surface area contributed by atoms with E-state index in [1.807, 2.05) is 17.5 Å². The second kappa shape index (κ2) is 4.48. The lowest BCUT2D eigenvalue weighted by Gasteiger charge is -2.00. The molecule has 0 bridgehead atoms. The van der Waals surface area contributed by atoms with Crippen LogP contribution in [0.2, 0.25) is 0 Å². The van der Waals surface area contributed by atoms with Gasteiger partial charge in [-0.2, -0.15) is 0 Å². The number of halogens is 1. The number of carboxylic acids is 1. The minimum Gasteiger partial charge on any atom is -0.480 e. The first kappa shape index (κ1) is 9.55. The van der Waals surface area contributed by atoms with Gasteiger partial charge in [-0.05, 0) is 24.3 Å². The smallest absolute Gasteiger partial charge is 0.321 e. The average molecular weight is 205 g/mol. The van der Waals surface area contributed by atoms with Crippen LogP contribution in [-0.2, 0) is 11.2 Å². The maximum absolute atomic E-state index is 10.3. The Morgan fingerprint density at radius 3 is 3.00 bits per heavy atom. The highest BCUT2D eigenvalue weighted by Gasteiger charge is 2.12. The quantitative estimate of drug-likeness (QED) is 0.765. The van der Waals surface area contributed by atoms with Crippen molar-refractivity contribution in [2.45, 2.75) is 18.2 Å². The molecule has 12 heavy (non-hydrogen) atoms. The molecule has 0 amide bonds. The van der Waals surface area contributed by atoms with Gasteiger partial charge in [0.05, 0.1) is 0 Å². The fraction of sp³-hybridized carbons (Fsp3) is 0.375. The maximum Gasteiger partial charge on any atom is 0.321 e. The van der Waals surface area contributed by atoms with Crippen molar-refractivity contribution in [2.24, 2.45) is 0 Å². The number of hydrogen-bond acceptors (Lipinski definition) is 2. The van der Waals surface area contributed by atoms with Crippen molar-refractivity contribution in [3.05, 3.63) is 22.4 Å². The van der Waals surface area contributed by atoms with E-state index in [-0.39, 0.29) is 0 Å². The van der Waals surface area contributed by atoms with Gasteiger partial charge in [0.1, 0.15) is 5.38 Å². The van der Waals surface area contributed by atoms with E-state index in [1.54, 1.807) is 11.3 Å². The highest BCUT2D eigenvalue weighted by molar-refractivity contribution is 7.09. The van der Waals surface area contributed by atoms with Crippen LogP contribution in [0.4, 0.5) is 0 Å². The minimum atomic E-state index is -0.937. The van der Waals surface area contributed by atoms with E-state index in [4.69, 9.17) is 16.7 Å². The first-order valence-corrected chi connectivity index (χ1v) is 4.91. The van der Waals surface area contributed by atoms with Crippen LogP contribution >= 0.6 is 22.9 Å². The number of thiophene rings is 1. The SMILES string of the molecule is O=C(O)C(Cl)CCc1cccs1. The van der Waals surface area contributed by atoms with E-state index < -0.39 is 11.3 Å². The number of rotatable bonds is 4. The highest BCUT2D eigenvalue weighted by atomic mass is 35.5. The zero-order chi connectivity index (χ0) is 8.97. The van der Waals surface area contributed by atoms with Gasteiger partial charge in [0.2, 0.25) is 0 Å². The summed E-state index contributed by atoms with van der Waals surface area (Å²) in [4.78, 5) is 11.5. The highest BCUT2D eigenvalue weighted by Crippen LogP contribution is 2.14. The molecular formula is C8H9ClO2S. The van der Waals surface area contributed by atoms with Crippen LogP contribution in [0, 0.1) is 0 Å². The predicted molar refractivity (Wildman–Crippen MR) is 49.9 cm³/mol. The van der Waals surface area contributed by atoms with Gasteiger partial charge in [-0.25, -0.2) is 0 Å². The molecule has 2 nitrogen and oxygen atoms in total. The molecule has 1 aromatic heterocycles. The first-order valence-electron chi connectivity index (χ1n) is 3.59. The van der Waals surface area contributed by atoms with E-state index in [0.29, 0.717) is 6.42 Å². The normalized spacial score (nSPS) is 12.8. The van der Waals surface area contributed by atoms with Gasteiger partial charge in [-0.15, -0.1) is 22.9 Å². The monoisotopic (exact) mass is 204 g/mol. The minimum absolute atomic E-state index is 0.497. The molecule has 0 saturated heterocycles. The number of carbonyl (C=O) groups is 1. The number of carboxylic acid groups (broad SMARTS) is 1. The van der Waals surface area contributed by atoms with Crippen molar-refractivity contribution in [1.29, 1.82) is 0 Å². The average Bonchev–Trinajstić information content (AvgIpc) is 2.51. The lowest BCUT2D eigenvalue weighted by molar-refractivity contribution is -0.136. The molecule has 1 heterocycles. The first-order chi connectivity index (χ1) is 5.70. The van der Waals surface area contributed by atoms with E-state index >= 15 is 0 Å². The third-order valence-corrected chi connectivity index (χ3v) is 2.83. The summed E-state index contributed by atoms with van der Waals surface area (Å²) in [5, 5.41) is 9.70. The topological polar surface area (TPSA) is 37.3 Å². The molecule has 0 saturated carbocycles. The van der Waals surface area contributed by atoms with Gasteiger partial charge in [0, 0.05) is 4.88 Å². The summed E-state index contributed by atoms with van der Waals surface area (Å²) in [6.45, 7) is 0. The molecule has 0 spiro atoms. The lowest BCUT2D eigenvalue weighted by Crippen LogP contribution is -2.13. The third-order valence-electron chi connectivity index (χ3n) is 1.49. The van der Waals surface area contributed by atoms with Gasteiger partial charge in [0.15, 0.2) is 0 Å². The predicted octanol–water partition coefficient (Wildman–Crippen LogP) is 2.37. The summed E-state index contributed by atoms with van der Waals surface area (Å²) < 4.78 is 0. The number of aryl methyl sites for hydroxylation is 1. The Hall–Kier alpha value is -0.540.